The van der Waals surface area contributed by atoms with Crippen LogP contribution in [0.15, 0.2) is 18.2 Å². The van der Waals surface area contributed by atoms with Crippen molar-refractivity contribution in [2.45, 2.75) is 24.5 Å². The van der Waals surface area contributed by atoms with E-state index < -0.39 is 0 Å². The lowest BCUT2D eigenvalue weighted by molar-refractivity contribution is 0.0464. The molecular weight excluding hydrogens is 228 g/mol. The molecule has 1 saturated heterocycles. The highest BCUT2D eigenvalue weighted by Crippen LogP contribution is 2.43. The molecule has 2 atom stereocenters. The lowest BCUT2D eigenvalue weighted by Crippen LogP contribution is -2.44. The first-order valence-electron chi connectivity index (χ1n) is 6.43. The van der Waals surface area contributed by atoms with Gasteiger partial charge in [0, 0.05) is 43.6 Å². The van der Waals surface area contributed by atoms with Gasteiger partial charge in [-0.05, 0) is 13.1 Å². The second-order valence-electron chi connectivity index (χ2n) is 5.49. The average Bonchev–Trinajstić information content (AvgIpc) is 2.69. The van der Waals surface area contributed by atoms with Gasteiger partial charge in [-0.1, -0.05) is 6.07 Å². The lowest BCUT2D eigenvalue weighted by atomic mass is 9.87. The summed E-state index contributed by atoms with van der Waals surface area (Å²) in [6, 6.07) is 5.98. The topological polar surface area (TPSA) is 47.7 Å². The van der Waals surface area contributed by atoms with Crippen LogP contribution in [0.1, 0.15) is 24.4 Å². The molecule has 2 aliphatic heterocycles. The third-order valence-electron chi connectivity index (χ3n) is 4.05. The second-order valence-corrected chi connectivity index (χ2v) is 5.49. The van der Waals surface area contributed by atoms with Gasteiger partial charge in [0.2, 0.25) is 0 Å². The van der Waals surface area contributed by atoms with E-state index in [9.17, 15) is 0 Å². The summed E-state index contributed by atoms with van der Waals surface area (Å²) in [5.74, 6) is 1.72. The number of likely N-dealkylation sites (tertiary alicyclic amines) is 1. The fourth-order valence-electron chi connectivity index (χ4n) is 3.12. The van der Waals surface area contributed by atoms with Crippen molar-refractivity contribution in [3.05, 3.63) is 23.8 Å². The Balaban J connectivity index is 1.95. The maximum atomic E-state index is 6.30. The van der Waals surface area contributed by atoms with Crippen molar-refractivity contribution in [3.63, 3.8) is 0 Å². The molecule has 0 saturated carbocycles. The van der Waals surface area contributed by atoms with Gasteiger partial charge in [-0.2, -0.15) is 0 Å². The zero-order chi connectivity index (χ0) is 12.8. The molecule has 0 bridgehead atoms. The van der Waals surface area contributed by atoms with Crippen LogP contribution in [0.4, 0.5) is 0 Å². The van der Waals surface area contributed by atoms with Gasteiger partial charge in [0.25, 0.3) is 0 Å². The molecule has 1 aromatic carbocycles. The predicted octanol–water partition coefficient (Wildman–Crippen LogP) is 1.55. The van der Waals surface area contributed by atoms with Crippen LogP contribution in [0.3, 0.4) is 0 Å². The monoisotopic (exact) mass is 248 g/mol. The molecule has 3 rings (SSSR count). The molecule has 1 aromatic rings. The van der Waals surface area contributed by atoms with Gasteiger partial charge in [0.15, 0.2) is 0 Å². The van der Waals surface area contributed by atoms with Crippen molar-refractivity contribution in [1.29, 1.82) is 0 Å². The van der Waals surface area contributed by atoms with E-state index in [4.69, 9.17) is 15.2 Å². The minimum absolute atomic E-state index is 0.0613. The van der Waals surface area contributed by atoms with Crippen LogP contribution in [0, 0.1) is 0 Å². The standard InChI is InChI=1S/C14H20N2O2/c1-16-6-5-14(9-16)8-12(15)11-4-3-10(17-2)7-13(11)18-14/h3-4,7,12H,5-6,8-9,15H2,1-2H3/t12-,14?/m0/s1. The van der Waals surface area contributed by atoms with Crippen LogP contribution in [-0.2, 0) is 0 Å². The van der Waals surface area contributed by atoms with Crippen molar-refractivity contribution in [2.24, 2.45) is 5.73 Å². The minimum Gasteiger partial charge on any atom is -0.497 e. The maximum Gasteiger partial charge on any atom is 0.128 e. The Kier molecular flexibility index (Phi) is 2.72. The van der Waals surface area contributed by atoms with Crippen molar-refractivity contribution in [2.75, 3.05) is 27.2 Å². The first-order chi connectivity index (χ1) is 8.62. The SMILES string of the molecule is COc1ccc2c(c1)OC1(CCN(C)C1)C[C@@H]2N. The number of likely N-dealkylation sites (N-methyl/N-ethyl adjacent to an activating group) is 1. The second kappa shape index (κ2) is 4.14. The zero-order valence-electron chi connectivity index (χ0n) is 11.0. The summed E-state index contributed by atoms with van der Waals surface area (Å²) < 4.78 is 11.5. The number of methoxy groups -OCH3 is 1. The van der Waals surface area contributed by atoms with E-state index in [-0.39, 0.29) is 11.6 Å². The Bertz CT molecular complexity index is 463. The number of ether oxygens (including phenoxy) is 2. The summed E-state index contributed by atoms with van der Waals surface area (Å²) in [6.07, 6.45) is 1.95. The van der Waals surface area contributed by atoms with Gasteiger partial charge in [-0.25, -0.2) is 0 Å². The van der Waals surface area contributed by atoms with E-state index in [0.717, 1.165) is 43.0 Å². The largest absolute Gasteiger partial charge is 0.497 e. The molecule has 1 unspecified atom stereocenters. The van der Waals surface area contributed by atoms with Crippen LogP contribution in [0.25, 0.3) is 0 Å². The van der Waals surface area contributed by atoms with Crippen molar-refractivity contribution in [1.82, 2.24) is 4.90 Å². The summed E-state index contributed by atoms with van der Waals surface area (Å²) in [4.78, 5) is 2.30. The highest BCUT2D eigenvalue weighted by atomic mass is 16.5. The number of nitrogens with zero attached hydrogens (tertiary/aromatic N) is 1. The van der Waals surface area contributed by atoms with E-state index in [1.807, 2.05) is 18.2 Å². The van der Waals surface area contributed by atoms with Crippen molar-refractivity contribution < 1.29 is 9.47 Å². The molecule has 2 N–H and O–H groups in total. The molecule has 1 spiro atoms. The van der Waals surface area contributed by atoms with Gasteiger partial charge in [0.1, 0.15) is 17.1 Å². The Morgan fingerprint density at radius 2 is 2.33 bits per heavy atom. The molecule has 98 valence electrons. The van der Waals surface area contributed by atoms with Crippen LogP contribution in [0.5, 0.6) is 11.5 Å². The molecule has 18 heavy (non-hydrogen) atoms. The first-order valence-corrected chi connectivity index (χ1v) is 6.43. The Morgan fingerprint density at radius 3 is 3.00 bits per heavy atom. The molecular formula is C14H20N2O2. The number of hydrogen-bond acceptors (Lipinski definition) is 4. The normalized spacial score (nSPS) is 31.2. The van der Waals surface area contributed by atoms with Gasteiger partial charge in [0.05, 0.1) is 7.11 Å². The minimum atomic E-state index is -0.104. The fraction of sp³-hybridized carbons (Fsp3) is 0.571. The molecule has 0 aliphatic carbocycles. The third-order valence-corrected chi connectivity index (χ3v) is 4.05. The molecule has 4 nitrogen and oxygen atoms in total. The van der Waals surface area contributed by atoms with Crippen LogP contribution in [0.2, 0.25) is 0 Å². The van der Waals surface area contributed by atoms with Crippen LogP contribution >= 0.6 is 0 Å². The van der Waals surface area contributed by atoms with Crippen molar-refractivity contribution in [3.8, 4) is 11.5 Å². The fourth-order valence-corrected chi connectivity index (χ4v) is 3.12. The molecule has 2 aliphatic rings. The number of hydrogen-bond donors (Lipinski definition) is 1. The molecule has 1 fully saturated rings. The number of rotatable bonds is 1. The van der Waals surface area contributed by atoms with Crippen molar-refractivity contribution >= 4 is 0 Å². The quantitative estimate of drug-likeness (QED) is 0.819. The van der Waals surface area contributed by atoms with E-state index in [0.29, 0.717) is 0 Å². The Labute approximate surface area is 108 Å². The molecule has 0 amide bonds. The zero-order valence-corrected chi connectivity index (χ0v) is 11.0. The van der Waals surface area contributed by atoms with E-state index >= 15 is 0 Å². The van der Waals surface area contributed by atoms with E-state index in [1.54, 1.807) is 7.11 Å². The lowest BCUT2D eigenvalue weighted by Gasteiger charge is -2.38. The molecule has 0 aromatic heterocycles. The number of benzene rings is 1. The van der Waals surface area contributed by atoms with Gasteiger partial charge < -0.3 is 20.1 Å². The number of nitrogens with two attached hydrogens (primary N) is 1. The summed E-state index contributed by atoms with van der Waals surface area (Å²) >= 11 is 0. The van der Waals surface area contributed by atoms with E-state index in [2.05, 4.69) is 11.9 Å². The van der Waals surface area contributed by atoms with Crippen LogP contribution < -0.4 is 15.2 Å². The Hall–Kier alpha value is -1.26. The Morgan fingerprint density at radius 1 is 1.50 bits per heavy atom. The highest BCUT2D eigenvalue weighted by Gasteiger charge is 2.44. The maximum absolute atomic E-state index is 6.30. The van der Waals surface area contributed by atoms with Gasteiger partial charge in [-0.3, -0.25) is 0 Å². The van der Waals surface area contributed by atoms with Gasteiger partial charge in [-0.15, -0.1) is 0 Å². The predicted molar refractivity (Wildman–Crippen MR) is 70.0 cm³/mol. The van der Waals surface area contributed by atoms with Crippen LogP contribution in [-0.4, -0.2) is 37.7 Å². The summed E-state index contributed by atoms with van der Waals surface area (Å²) in [5.41, 5.74) is 7.29. The number of fused-ring (bicyclic) bond motifs is 1. The molecule has 2 heterocycles. The smallest absolute Gasteiger partial charge is 0.128 e. The molecule has 4 heteroatoms. The average molecular weight is 248 g/mol. The highest BCUT2D eigenvalue weighted by molar-refractivity contribution is 5.44. The van der Waals surface area contributed by atoms with Gasteiger partial charge >= 0.3 is 0 Å². The summed E-state index contributed by atoms with van der Waals surface area (Å²) in [5, 5.41) is 0. The molecule has 0 radical (unpaired) electrons. The van der Waals surface area contributed by atoms with E-state index in [1.165, 1.54) is 0 Å². The summed E-state index contributed by atoms with van der Waals surface area (Å²) in [6.45, 7) is 2.03. The summed E-state index contributed by atoms with van der Waals surface area (Å²) in [7, 11) is 3.80. The first kappa shape index (κ1) is 11.8. The third kappa shape index (κ3) is 1.85.